The molecular weight excluding hydrogens is 374 g/mol. The normalized spacial score (nSPS) is 37.3. The molecule has 3 atom stereocenters. The van der Waals surface area contributed by atoms with Crippen molar-refractivity contribution < 1.29 is 50.1 Å². The van der Waals surface area contributed by atoms with Crippen molar-refractivity contribution >= 4 is 12.4 Å². The molecular formula is C15H15F6O5. The minimum absolute atomic E-state index is 0.393. The summed E-state index contributed by atoms with van der Waals surface area (Å²) >= 11 is 0. The number of halogens is 6. The van der Waals surface area contributed by atoms with Gasteiger partial charge in [0, 0.05) is 0 Å². The van der Waals surface area contributed by atoms with Crippen molar-refractivity contribution in [1.29, 1.82) is 0 Å². The third kappa shape index (κ3) is 2.28. The highest BCUT2D eigenvalue weighted by molar-refractivity contribution is 5.84. The molecule has 0 amide bonds. The van der Waals surface area contributed by atoms with E-state index in [1.165, 1.54) is 6.92 Å². The highest BCUT2D eigenvalue weighted by Gasteiger charge is 2.91. The summed E-state index contributed by atoms with van der Waals surface area (Å²) in [6, 6.07) is 0. The Morgan fingerprint density at radius 3 is 1.92 bits per heavy atom. The van der Waals surface area contributed by atoms with Gasteiger partial charge in [-0.2, -0.15) is 26.3 Å². The number of hydrogen-bond acceptors (Lipinski definition) is 5. The minimum atomic E-state index is -5.52. The molecule has 3 unspecified atom stereocenters. The van der Waals surface area contributed by atoms with E-state index in [0.29, 0.717) is 26.2 Å². The van der Waals surface area contributed by atoms with E-state index in [-0.39, 0.29) is 0 Å². The molecule has 3 rings (SSSR count). The fraction of sp³-hybridized carbons (Fsp3) is 0.867. The lowest BCUT2D eigenvalue weighted by Crippen LogP contribution is -2.85. The second-order valence-corrected chi connectivity index (χ2v) is 7.44. The van der Waals surface area contributed by atoms with Gasteiger partial charge in [0.1, 0.15) is 11.7 Å². The van der Waals surface area contributed by atoms with E-state index < -0.39 is 59.5 Å². The third-order valence-electron chi connectivity index (χ3n) is 5.59. The first-order chi connectivity index (χ1) is 11.7. The lowest BCUT2D eigenvalue weighted by molar-refractivity contribution is -0.443. The summed E-state index contributed by atoms with van der Waals surface area (Å²) in [5.74, 6) is -1.53. The van der Waals surface area contributed by atoms with Crippen molar-refractivity contribution in [1.82, 2.24) is 0 Å². The molecule has 0 N–H and O–H groups in total. The predicted molar refractivity (Wildman–Crippen MR) is 70.3 cm³/mol. The van der Waals surface area contributed by atoms with Gasteiger partial charge in [-0.05, 0) is 39.5 Å². The van der Waals surface area contributed by atoms with Crippen molar-refractivity contribution in [2.45, 2.75) is 74.8 Å². The molecule has 0 bridgehead atoms. The Hall–Kier alpha value is -1.52. The highest BCUT2D eigenvalue weighted by Crippen LogP contribution is 2.71. The zero-order chi connectivity index (χ0) is 19.8. The van der Waals surface area contributed by atoms with Crippen LogP contribution in [0.2, 0.25) is 0 Å². The van der Waals surface area contributed by atoms with Crippen molar-refractivity contribution in [2.75, 3.05) is 0 Å². The van der Waals surface area contributed by atoms with Crippen molar-refractivity contribution in [3.8, 4) is 0 Å². The van der Waals surface area contributed by atoms with Crippen LogP contribution in [0, 0.1) is 5.41 Å². The maximum atomic E-state index is 13.9. The zero-order valence-corrected chi connectivity index (χ0v) is 13.7. The van der Waals surface area contributed by atoms with Gasteiger partial charge in [0.15, 0.2) is 0 Å². The van der Waals surface area contributed by atoms with Crippen LogP contribution >= 0.6 is 0 Å². The smallest absolute Gasteiger partial charge is 0.434 e. The standard InChI is InChI=1S/C15H15F6O5/c1-10(3-4-10)26-9(23)11(2)13(24-7-22,15(19,20)21)8(25-11)12(5-6-12)14(16,17)18/h8H,3-6H2,1-2H3. The largest absolute Gasteiger partial charge is 0.457 e. The van der Waals surface area contributed by atoms with Crippen molar-refractivity contribution in [3.05, 3.63) is 0 Å². The van der Waals surface area contributed by atoms with E-state index in [4.69, 9.17) is 9.47 Å². The predicted octanol–water partition coefficient (Wildman–Crippen LogP) is 2.97. The summed E-state index contributed by atoms with van der Waals surface area (Å²) in [5, 5.41) is 0. The van der Waals surface area contributed by atoms with Crippen LogP contribution < -0.4 is 0 Å². The molecule has 2 aliphatic carbocycles. The summed E-state index contributed by atoms with van der Waals surface area (Å²) in [4.78, 5) is 23.0. The average Bonchev–Trinajstić information content (AvgIpc) is 3.36. The first kappa shape index (κ1) is 19.2. The first-order valence-electron chi connectivity index (χ1n) is 7.79. The Morgan fingerprint density at radius 1 is 1.04 bits per heavy atom. The van der Waals surface area contributed by atoms with E-state index in [9.17, 15) is 35.9 Å². The van der Waals surface area contributed by atoms with E-state index in [1.54, 1.807) is 0 Å². The topological polar surface area (TPSA) is 61.8 Å². The van der Waals surface area contributed by atoms with Gasteiger partial charge in [0.05, 0.1) is 5.41 Å². The lowest BCUT2D eigenvalue weighted by Gasteiger charge is -2.60. The van der Waals surface area contributed by atoms with Crippen LogP contribution in [0.25, 0.3) is 0 Å². The Balaban J connectivity index is 2.04. The van der Waals surface area contributed by atoms with Gasteiger partial charge >= 0.3 is 24.8 Å². The van der Waals surface area contributed by atoms with Gasteiger partial charge in [-0.1, -0.05) is 0 Å². The molecule has 0 aromatic carbocycles. The molecule has 1 radical (unpaired) electrons. The molecule has 1 aliphatic heterocycles. The number of esters is 1. The molecule has 1 saturated heterocycles. The number of ether oxygens (including phenoxy) is 3. The molecule has 3 aliphatic rings. The number of carbonyl (C=O) groups excluding carboxylic acids is 2. The Bertz CT molecular complexity index is 635. The Kier molecular flexibility index (Phi) is 3.74. The number of hydrogen-bond donors (Lipinski definition) is 0. The maximum absolute atomic E-state index is 13.9. The molecule has 0 aromatic heterocycles. The SMILES string of the molecule is CC1(OC(=O)C2(C)OC(C3(C(F)(F)F)CC3)C2(O[C]=O)C(F)(F)F)CC1. The minimum Gasteiger partial charge on any atom is -0.457 e. The van der Waals surface area contributed by atoms with Crippen molar-refractivity contribution in [3.63, 3.8) is 0 Å². The Labute approximate surface area is 143 Å². The molecule has 0 spiro atoms. The third-order valence-corrected chi connectivity index (χ3v) is 5.59. The molecule has 5 nitrogen and oxygen atoms in total. The van der Waals surface area contributed by atoms with Crippen LogP contribution in [-0.2, 0) is 23.8 Å². The van der Waals surface area contributed by atoms with Crippen LogP contribution in [0.3, 0.4) is 0 Å². The molecule has 0 aromatic rings. The monoisotopic (exact) mass is 389 g/mol. The quantitative estimate of drug-likeness (QED) is 0.535. The second-order valence-electron chi connectivity index (χ2n) is 7.44. The van der Waals surface area contributed by atoms with E-state index in [0.717, 1.165) is 0 Å². The summed E-state index contributed by atoms with van der Waals surface area (Å²) in [7, 11) is 0. The number of rotatable bonds is 5. The van der Waals surface area contributed by atoms with Crippen LogP contribution in [0.5, 0.6) is 0 Å². The van der Waals surface area contributed by atoms with Gasteiger partial charge in [-0.15, -0.1) is 0 Å². The van der Waals surface area contributed by atoms with Crippen LogP contribution in [0.1, 0.15) is 39.5 Å². The number of carbonyl (C=O) groups is 1. The van der Waals surface area contributed by atoms with Crippen LogP contribution in [0.4, 0.5) is 26.3 Å². The highest BCUT2D eigenvalue weighted by atomic mass is 19.4. The summed E-state index contributed by atoms with van der Waals surface area (Å²) in [6.45, 7) is 2.64. The lowest BCUT2D eigenvalue weighted by atomic mass is 9.66. The molecule has 2 saturated carbocycles. The van der Waals surface area contributed by atoms with E-state index in [2.05, 4.69) is 4.74 Å². The maximum Gasteiger partial charge on any atom is 0.434 e. The fourth-order valence-corrected chi connectivity index (χ4v) is 3.42. The van der Waals surface area contributed by atoms with Gasteiger partial charge in [-0.25, -0.2) is 9.59 Å². The van der Waals surface area contributed by atoms with Crippen LogP contribution in [0.15, 0.2) is 0 Å². The van der Waals surface area contributed by atoms with Gasteiger partial charge < -0.3 is 14.2 Å². The summed E-state index contributed by atoms with van der Waals surface area (Å²) < 4.78 is 95.7. The molecule has 3 fully saturated rings. The van der Waals surface area contributed by atoms with E-state index >= 15 is 0 Å². The molecule has 26 heavy (non-hydrogen) atoms. The van der Waals surface area contributed by atoms with Crippen molar-refractivity contribution in [2.24, 2.45) is 5.41 Å². The molecule has 11 heteroatoms. The van der Waals surface area contributed by atoms with Gasteiger partial charge in [0.25, 0.3) is 5.60 Å². The summed E-state index contributed by atoms with van der Waals surface area (Å²) in [6.07, 6.45) is -13.6. The van der Waals surface area contributed by atoms with E-state index in [1.807, 2.05) is 0 Å². The molecule has 1 heterocycles. The summed E-state index contributed by atoms with van der Waals surface area (Å²) in [5.41, 5.74) is -10.6. The van der Waals surface area contributed by atoms with Crippen LogP contribution in [-0.4, -0.2) is 47.7 Å². The Morgan fingerprint density at radius 2 is 1.58 bits per heavy atom. The zero-order valence-electron chi connectivity index (χ0n) is 13.7. The first-order valence-corrected chi connectivity index (χ1v) is 7.79. The van der Waals surface area contributed by atoms with Gasteiger partial charge in [-0.3, -0.25) is 0 Å². The fourth-order valence-electron chi connectivity index (χ4n) is 3.42. The van der Waals surface area contributed by atoms with Gasteiger partial charge in [0.2, 0.25) is 5.60 Å². The second kappa shape index (κ2) is 5.05. The molecule has 147 valence electrons. The average molecular weight is 389 g/mol. The number of alkyl halides is 6.